The molecule has 0 radical (unpaired) electrons. The Bertz CT molecular complexity index is 675. The van der Waals surface area contributed by atoms with E-state index in [9.17, 15) is 0 Å². The predicted molar refractivity (Wildman–Crippen MR) is 87.2 cm³/mol. The third-order valence-electron chi connectivity index (χ3n) is 4.36. The minimum Gasteiger partial charge on any atom is -0.372 e. The molecular formula is C16H25N5O. The fourth-order valence-electron chi connectivity index (χ4n) is 2.90. The van der Waals surface area contributed by atoms with E-state index >= 15 is 0 Å². The molecule has 0 aromatic carbocycles. The van der Waals surface area contributed by atoms with Crippen molar-refractivity contribution in [3.8, 4) is 0 Å². The van der Waals surface area contributed by atoms with Gasteiger partial charge in [0.2, 0.25) is 0 Å². The molecule has 0 bridgehead atoms. The molecule has 0 amide bonds. The van der Waals surface area contributed by atoms with Gasteiger partial charge in [-0.1, -0.05) is 6.92 Å². The molecule has 1 saturated heterocycles. The van der Waals surface area contributed by atoms with E-state index < -0.39 is 0 Å². The van der Waals surface area contributed by atoms with Crippen LogP contribution in [0.5, 0.6) is 0 Å². The van der Waals surface area contributed by atoms with E-state index in [4.69, 9.17) is 4.74 Å². The van der Waals surface area contributed by atoms with Crippen LogP contribution in [0, 0.1) is 0 Å². The van der Waals surface area contributed by atoms with E-state index in [0.29, 0.717) is 0 Å². The Kier molecular flexibility index (Phi) is 3.59. The summed E-state index contributed by atoms with van der Waals surface area (Å²) in [6.45, 7) is 13.1. The molecule has 0 spiro atoms. The minimum absolute atomic E-state index is 0.101. The first-order chi connectivity index (χ1) is 10.3. The highest BCUT2D eigenvalue weighted by Gasteiger charge is 2.32. The van der Waals surface area contributed by atoms with Crippen molar-refractivity contribution in [2.24, 2.45) is 0 Å². The summed E-state index contributed by atoms with van der Waals surface area (Å²) in [6.07, 6.45) is 4.51. The number of fused-ring (bicyclic) bond motifs is 1. The third kappa shape index (κ3) is 2.56. The van der Waals surface area contributed by atoms with Crippen molar-refractivity contribution in [1.82, 2.24) is 19.7 Å². The zero-order valence-electron chi connectivity index (χ0n) is 14.1. The maximum Gasteiger partial charge on any atom is 0.163 e. The predicted octanol–water partition coefficient (Wildman–Crippen LogP) is 2.59. The molecule has 3 rings (SSSR count). The maximum atomic E-state index is 5.93. The van der Waals surface area contributed by atoms with Crippen LogP contribution in [0.3, 0.4) is 0 Å². The van der Waals surface area contributed by atoms with Gasteiger partial charge in [0.1, 0.15) is 12.1 Å². The van der Waals surface area contributed by atoms with Gasteiger partial charge in [0.15, 0.2) is 5.65 Å². The van der Waals surface area contributed by atoms with Gasteiger partial charge in [-0.05, 0) is 34.1 Å². The van der Waals surface area contributed by atoms with Gasteiger partial charge in [-0.2, -0.15) is 5.10 Å². The SMILES string of the molecule is CCC1(C)CN(c2ncnc3c2cnn3C(C)(C)C)CCO1. The summed E-state index contributed by atoms with van der Waals surface area (Å²) in [5, 5.41) is 5.55. The van der Waals surface area contributed by atoms with Gasteiger partial charge in [-0.25, -0.2) is 14.6 Å². The van der Waals surface area contributed by atoms with Crippen LogP contribution in [0.4, 0.5) is 5.82 Å². The molecule has 0 aliphatic carbocycles. The standard InChI is InChI=1S/C16H25N5O/c1-6-16(5)10-20(7-8-22-16)13-12-9-19-21(15(2,3)4)14(12)18-11-17-13/h9,11H,6-8,10H2,1-5H3. The summed E-state index contributed by atoms with van der Waals surface area (Å²) < 4.78 is 7.90. The second-order valence-electron chi connectivity index (χ2n) is 7.24. The first-order valence-corrected chi connectivity index (χ1v) is 7.92. The number of ether oxygens (including phenoxy) is 1. The highest BCUT2D eigenvalue weighted by molar-refractivity contribution is 5.86. The second-order valence-corrected chi connectivity index (χ2v) is 7.24. The molecule has 0 N–H and O–H groups in total. The fourth-order valence-corrected chi connectivity index (χ4v) is 2.90. The monoisotopic (exact) mass is 303 g/mol. The van der Waals surface area contributed by atoms with Gasteiger partial charge in [0, 0.05) is 13.1 Å². The van der Waals surface area contributed by atoms with Crippen molar-refractivity contribution in [3.05, 3.63) is 12.5 Å². The van der Waals surface area contributed by atoms with Crippen LogP contribution in [0.2, 0.25) is 0 Å². The lowest BCUT2D eigenvalue weighted by atomic mass is 10.0. The van der Waals surface area contributed by atoms with Gasteiger partial charge in [0.05, 0.1) is 29.3 Å². The maximum absolute atomic E-state index is 5.93. The molecule has 6 nitrogen and oxygen atoms in total. The van der Waals surface area contributed by atoms with E-state index in [-0.39, 0.29) is 11.1 Å². The summed E-state index contributed by atoms with van der Waals surface area (Å²) in [5.41, 5.74) is 0.675. The number of nitrogens with zero attached hydrogens (tertiary/aromatic N) is 5. The Balaban J connectivity index is 2.03. The Morgan fingerprint density at radius 1 is 1.32 bits per heavy atom. The van der Waals surface area contributed by atoms with Crippen LogP contribution >= 0.6 is 0 Å². The lowest BCUT2D eigenvalue weighted by Gasteiger charge is -2.40. The number of rotatable bonds is 2. The van der Waals surface area contributed by atoms with Crippen LogP contribution in [0.25, 0.3) is 11.0 Å². The molecule has 1 aliphatic rings. The molecule has 22 heavy (non-hydrogen) atoms. The number of aromatic nitrogens is 4. The van der Waals surface area contributed by atoms with Crippen molar-refractivity contribution < 1.29 is 4.74 Å². The zero-order valence-corrected chi connectivity index (χ0v) is 14.1. The number of hydrogen-bond donors (Lipinski definition) is 0. The summed E-state index contributed by atoms with van der Waals surface area (Å²) in [6, 6.07) is 0. The molecule has 1 atom stereocenters. The molecule has 1 fully saturated rings. The van der Waals surface area contributed by atoms with E-state index in [1.807, 2.05) is 10.9 Å². The Labute approximate surface area is 131 Å². The summed E-state index contributed by atoms with van der Waals surface area (Å²) in [5.74, 6) is 0.962. The van der Waals surface area contributed by atoms with Crippen LogP contribution in [0.1, 0.15) is 41.0 Å². The average Bonchev–Trinajstić information content (AvgIpc) is 2.91. The molecule has 6 heteroatoms. The van der Waals surface area contributed by atoms with Crippen LogP contribution in [-0.4, -0.2) is 45.0 Å². The molecule has 3 heterocycles. The van der Waals surface area contributed by atoms with Gasteiger partial charge in [-0.3, -0.25) is 0 Å². The highest BCUT2D eigenvalue weighted by atomic mass is 16.5. The Morgan fingerprint density at radius 2 is 2.09 bits per heavy atom. The van der Waals surface area contributed by atoms with Crippen LogP contribution < -0.4 is 4.90 Å². The van der Waals surface area contributed by atoms with E-state index in [1.54, 1.807) is 6.33 Å². The average molecular weight is 303 g/mol. The lowest BCUT2D eigenvalue weighted by Crippen LogP contribution is -2.50. The van der Waals surface area contributed by atoms with Gasteiger partial charge in [0.25, 0.3) is 0 Å². The highest BCUT2D eigenvalue weighted by Crippen LogP contribution is 2.30. The van der Waals surface area contributed by atoms with E-state index in [2.05, 4.69) is 54.6 Å². The number of hydrogen-bond acceptors (Lipinski definition) is 5. The third-order valence-corrected chi connectivity index (χ3v) is 4.36. The lowest BCUT2D eigenvalue weighted by molar-refractivity contribution is -0.0442. The van der Waals surface area contributed by atoms with Gasteiger partial charge < -0.3 is 9.64 Å². The minimum atomic E-state index is -0.116. The van der Waals surface area contributed by atoms with Crippen molar-refractivity contribution in [2.75, 3.05) is 24.6 Å². The second kappa shape index (κ2) is 5.19. The van der Waals surface area contributed by atoms with E-state index in [1.165, 1.54) is 0 Å². The Hall–Kier alpha value is -1.69. The molecule has 1 aliphatic heterocycles. The van der Waals surface area contributed by atoms with E-state index in [0.717, 1.165) is 43.0 Å². The smallest absolute Gasteiger partial charge is 0.163 e. The first kappa shape index (κ1) is 15.2. The summed E-state index contributed by atoms with van der Waals surface area (Å²) in [7, 11) is 0. The normalized spacial score (nSPS) is 23.2. The van der Waals surface area contributed by atoms with Crippen LogP contribution in [-0.2, 0) is 10.3 Å². The topological polar surface area (TPSA) is 56.1 Å². The first-order valence-electron chi connectivity index (χ1n) is 7.92. The van der Waals surface area contributed by atoms with Crippen molar-refractivity contribution >= 4 is 16.9 Å². The summed E-state index contributed by atoms with van der Waals surface area (Å²) in [4.78, 5) is 11.3. The number of morpholine rings is 1. The molecule has 1 unspecified atom stereocenters. The fraction of sp³-hybridized carbons (Fsp3) is 0.688. The van der Waals surface area contributed by atoms with Gasteiger partial charge in [-0.15, -0.1) is 0 Å². The quantitative estimate of drug-likeness (QED) is 0.853. The van der Waals surface area contributed by atoms with Gasteiger partial charge >= 0.3 is 0 Å². The Morgan fingerprint density at radius 3 is 2.77 bits per heavy atom. The van der Waals surface area contributed by atoms with Crippen LogP contribution in [0.15, 0.2) is 12.5 Å². The molecule has 2 aromatic rings. The number of anilines is 1. The molecular weight excluding hydrogens is 278 g/mol. The van der Waals surface area contributed by atoms with Crippen molar-refractivity contribution in [1.29, 1.82) is 0 Å². The molecule has 0 saturated carbocycles. The summed E-state index contributed by atoms with van der Waals surface area (Å²) >= 11 is 0. The molecule has 120 valence electrons. The van der Waals surface area contributed by atoms with Crippen molar-refractivity contribution in [2.45, 2.75) is 52.2 Å². The largest absolute Gasteiger partial charge is 0.372 e. The zero-order chi connectivity index (χ0) is 16.0. The van der Waals surface area contributed by atoms with Crippen molar-refractivity contribution in [3.63, 3.8) is 0 Å². The molecule has 2 aromatic heterocycles.